The van der Waals surface area contributed by atoms with Gasteiger partial charge in [-0.2, -0.15) is 0 Å². The molecule has 2 heterocycles. The van der Waals surface area contributed by atoms with Crippen molar-refractivity contribution < 1.29 is 9.21 Å². The van der Waals surface area contributed by atoms with E-state index in [1.807, 2.05) is 54.3 Å². The van der Waals surface area contributed by atoms with Crippen molar-refractivity contribution in [3.05, 3.63) is 58.4 Å². The lowest BCUT2D eigenvalue weighted by Crippen LogP contribution is -2.49. The average molecular weight is 429 g/mol. The summed E-state index contributed by atoms with van der Waals surface area (Å²) in [6, 6.07) is 13.6. The number of fused-ring (bicyclic) bond motifs is 1. The molecule has 1 fully saturated rings. The molecule has 1 aromatic heterocycles. The van der Waals surface area contributed by atoms with Crippen molar-refractivity contribution in [3.8, 4) is 0 Å². The van der Waals surface area contributed by atoms with Crippen LogP contribution in [0.25, 0.3) is 11.1 Å². The molecule has 0 spiro atoms. The van der Waals surface area contributed by atoms with E-state index in [1.165, 1.54) is 0 Å². The number of aromatic nitrogens is 1. The molecule has 7 heteroatoms. The summed E-state index contributed by atoms with van der Waals surface area (Å²) in [5.41, 5.74) is 3.68. The number of benzene rings is 2. The molecule has 0 saturated carbocycles. The van der Waals surface area contributed by atoms with E-state index in [1.54, 1.807) is 0 Å². The summed E-state index contributed by atoms with van der Waals surface area (Å²) in [6.45, 7) is 5.66. The Morgan fingerprint density at radius 2 is 1.89 bits per heavy atom. The van der Waals surface area contributed by atoms with Gasteiger partial charge in [-0.3, -0.25) is 4.90 Å². The molecule has 140 valence electrons. The normalized spacial score (nSPS) is 15.3. The summed E-state index contributed by atoms with van der Waals surface area (Å²) in [7, 11) is 0. The van der Waals surface area contributed by atoms with Gasteiger partial charge in [-0.05, 0) is 48.9 Å². The van der Waals surface area contributed by atoms with Crippen LogP contribution in [-0.2, 0) is 6.54 Å². The quantitative estimate of drug-likeness (QED) is 0.677. The Bertz CT molecular complexity index is 946. The molecule has 1 saturated heterocycles. The first-order valence-corrected chi connectivity index (χ1v) is 9.76. The molecule has 0 unspecified atom stereocenters. The first kappa shape index (κ1) is 18.0. The predicted octanol–water partition coefficient (Wildman–Crippen LogP) is 4.25. The molecule has 0 radical (unpaired) electrons. The Balaban J connectivity index is 1.31. The predicted molar refractivity (Wildman–Crippen MR) is 109 cm³/mol. The van der Waals surface area contributed by atoms with Crippen LogP contribution >= 0.6 is 15.9 Å². The monoisotopic (exact) mass is 428 g/mol. The summed E-state index contributed by atoms with van der Waals surface area (Å²) < 4.78 is 6.85. The van der Waals surface area contributed by atoms with Gasteiger partial charge in [-0.25, -0.2) is 9.78 Å². The average Bonchev–Trinajstić information content (AvgIpc) is 3.05. The molecule has 1 aliphatic heterocycles. The Hall–Kier alpha value is -2.38. The zero-order valence-electron chi connectivity index (χ0n) is 15.1. The number of oxazole rings is 1. The van der Waals surface area contributed by atoms with E-state index < -0.39 is 0 Å². The molecule has 6 nitrogen and oxygen atoms in total. The smallest absolute Gasteiger partial charge is 0.321 e. The molecule has 2 amide bonds. The maximum Gasteiger partial charge on any atom is 0.321 e. The zero-order chi connectivity index (χ0) is 18.8. The molecule has 0 aliphatic carbocycles. The van der Waals surface area contributed by atoms with Crippen molar-refractivity contribution in [1.82, 2.24) is 14.8 Å². The highest BCUT2D eigenvalue weighted by Crippen LogP contribution is 2.19. The highest BCUT2D eigenvalue weighted by atomic mass is 79.9. The lowest BCUT2D eigenvalue weighted by atomic mass is 10.2. The summed E-state index contributed by atoms with van der Waals surface area (Å²) in [5.74, 6) is 0.725. The fourth-order valence-electron chi connectivity index (χ4n) is 3.18. The highest BCUT2D eigenvalue weighted by Gasteiger charge is 2.22. The fraction of sp³-hybridized carbons (Fsp3) is 0.300. The molecule has 0 atom stereocenters. The third-order valence-electron chi connectivity index (χ3n) is 4.70. The number of carbonyl (C=O) groups excluding carboxylic acids is 1. The molecule has 27 heavy (non-hydrogen) atoms. The lowest BCUT2D eigenvalue weighted by Gasteiger charge is -2.34. The molecule has 1 aliphatic rings. The Kier molecular flexibility index (Phi) is 5.13. The van der Waals surface area contributed by atoms with E-state index in [0.29, 0.717) is 19.6 Å². The van der Waals surface area contributed by atoms with Gasteiger partial charge in [-0.15, -0.1) is 0 Å². The van der Waals surface area contributed by atoms with Crippen molar-refractivity contribution in [2.75, 3.05) is 31.5 Å². The standard InChI is InChI=1S/C20H21BrN4O2/c1-14-2-7-17-18(12-14)27-19(23-17)13-24-8-10-25(11-9-24)20(26)22-16-5-3-15(21)4-6-16/h2-7,12H,8-11,13H2,1H3,(H,22,26). The van der Waals surface area contributed by atoms with Crippen LogP contribution in [0.15, 0.2) is 51.4 Å². The number of carbonyl (C=O) groups is 1. The zero-order valence-corrected chi connectivity index (χ0v) is 16.7. The minimum absolute atomic E-state index is 0.0608. The van der Waals surface area contributed by atoms with Crippen LogP contribution in [0.1, 0.15) is 11.5 Å². The van der Waals surface area contributed by atoms with Gasteiger partial charge >= 0.3 is 6.03 Å². The van der Waals surface area contributed by atoms with E-state index in [-0.39, 0.29) is 6.03 Å². The Morgan fingerprint density at radius 1 is 1.15 bits per heavy atom. The molecule has 4 rings (SSSR count). The van der Waals surface area contributed by atoms with Crippen molar-refractivity contribution in [3.63, 3.8) is 0 Å². The van der Waals surface area contributed by atoms with Crippen LogP contribution in [0, 0.1) is 6.92 Å². The van der Waals surface area contributed by atoms with Crippen molar-refractivity contribution in [1.29, 1.82) is 0 Å². The van der Waals surface area contributed by atoms with Gasteiger partial charge in [0.05, 0.1) is 6.54 Å². The number of aryl methyl sites for hydroxylation is 1. The van der Waals surface area contributed by atoms with Crippen LogP contribution < -0.4 is 5.32 Å². The number of nitrogens with zero attached hydrogens (tertiary/aromatic N) is 3. The van der Waals surface area contributed by atoms with Gasteiger partial charge in [0.2, 0.25) is 5.89 Å². The summed E-state index contributed by atoms with van der Waals surface area (Å²) in [5, 5.41) is 2.94. The van der Waals surface area contributed by atoms with Crippen molar-refractivity contribution >= 4 is 38.7 Å². The number of hydrogen-bond acceptors (Lipinski definition) is 4. The van der Waals surface area contributed by atoms with Crippen LogP contribution in [-0.4, -0.2) is 47.0 Å². The van der Waals surface area contributed by atoms with Gasteiger partial charge in [0.1, 0.15) is 5.52 Å². The number of rotatable bonds is 3. The second kappa shape index (κ2) is 7.70. The molecular formula is C20H21BrN4O2. The van der Waals surface area contributed by atoms with Crippen LogP contribution in [0.3, 0.4) is 0 Å². The highest BCUT2D eigenvalue weighted by molar-refractivity contribution is 9.10. The van der Waals surface area contributed by atoms with Crippen molar-refractivity contribution in [2.24, 2.45) is 0 Å². The third kappa shape index (κ3) is 4.31. The minimum atomic E-state index is -0.0608. The number of amides is 2. The number of urea groups is 1. The summed E-state index contributed by atoms with van der Waals surface area (Å²) in [6.07, 6.45) is 0. The summed E-state index contributed by atoms with van der Waals surface area (Å²) >= 11 is 3.40. The van der Waals surface area contributed by atoms with Crippen LogP contribution in [0.2, 0.25) is 0 Å². The SMILES string of the molecule is Cc1ccc2nc(CN3CCN(C(=O)Nc4ccc(Br)cc4)CC3)oc2c1. The number of anilines is 1. The van der Waals surface area contributed by atoms with Gasteiger partial charge in [0.15, 0.2) is 5.58 Å². The van der Waals surface area contributed by atoms with E-state index >= 15 is 0 Å². The van der Waals surface area contributed by atoms with E-state index in [2.05, 4.69) is 31.1 Å². The third-order valence-corrected chi connectivity index (χ3v) is 5.23. The Labute approximate surface area is 166 Å². The molecule has 0 bridgehead atoms. The van der Waals surface area contributed by atoms with Crippen molar-refractivity contribution in [2.45, 2.75) is 13.5 Å². The second-order valence-electron chi connectivity index (χ2n) is 6.78. The van der Waals surface area contributed by atoms with Crippen LogP contribution in [0.5, 0.6) is 0 Å². The fourth-order valence-corrected chi connectivity index (χ4v) is 3.45. The van der Waals surface area contributed by atoms with Gasteiger partial charge in [0, 0.05) is 36.3 Å². The molecular weight excluding hydrogens is 408 g/mol. The first-order chi connectivity index (χ1) is 13.1. The van der Waals surface area contributed by atoms with E-state index in [0.717, 1.165) is 45.8 Å². The molecule has 2 aromatic carbocycles. The number of hydrogen-bond donors (Lipinski definition) is 1. The van der Waals surface area contributed by atoms with E-state index in [4.69, 9.17) is 4.42 Å². The van der Waals surface area contributed by atoms with Gasteiger partial charge < -0.3 is 14.6 Å². The summed E-state index contributed by atoms with van der Waals surface area (Å²) in [4.78, 5) is 21.1. The minimum Gasteiger partial charge on any atom is -0.439 e. The van der Waals surface area contributed by atoms with Gasteiger partial charge in [-0.1, -0.05) is 22.0 Å². The first-order valence-electron chi connectivity index (χ1n) is 8.97. The maximum atomic E-state index is 12.4. The number of halogens is 1. The largest absolute Gasteiger partial charge is 0.439 e. The molecule has 1 N–H and O–H groups in total. The van der Waals surface area contributed by atoms with Crippen LogP contribution in [0.4, 0.5) is 10.5 Å². The maximum absolute atomic E-state index is 12.4. The molecule has 3 aromatic rings. The number of nitrogens with one attached hydrogen (secondary N) is 1. The number of piperazine rings is 1. The lowest BCUT2D eigenvalue weighted by molar-refractivity contribution is 0.136. The topological polar surface area (TPSA) is 61.6 Å². The second-order valence-corrected chi connectivity index (χ2v) is 7.69. The van der Waals surface area contributed by atoms with E-state index in [9.17, 15) is 4.79 Å². The Morgan fingerprint density at radius 3 is 2.63 bits per heavy atom. The van der Waals surface area contributed by atoms with Gasteiger partial charge in [0.25, 0.3) is 0 Å².